The molecule has 19 heavy (non-hydrogen) atoms. The lowest BCUT2D eigenvalue weighted by molar-refractivity contribution is 0.0963. The summed E-state index contributed by atoms with van der Waals surface area (Å²) in [6, 6.07) is 0. The molecule has 0 aromatic carbocycles. The van der Waals surface area contributed by atoms with Crippen LogP contribution < -0.4 is 0 Å². The van der Waals surface area contributed by atoms with E-state index in [0.29, 0.717) is 17.8 Å². The van der Waals surface area contributed by atoms with E-state index in [9.17, 15) is 9.59 Å². The highest BCUT2D eigenvalue weighted by molar-refractivity contribution is 6.25. The number of carbonyl (C=O) groups is 2. The molecule has 2 heterocycles. The summed E-state index contributed by atoms with van der Waals surface area (Å²) in [6.45, 7) is 3.70. The second-order valence-corrected chi connectivity index (χ2v) is 4.22. The first kappa shape index (κ1) is 11.6. The smallest absolute Gasteiger partial charge is 0.234 e. The van der Waals surface area contributed by atoms with Crippen LogP contribution in [0.25, 0.3) is 0 Å². The molecule has 0 saturated carbocycles. The standard InChI is InChI=1S/C13H10N4O2/c1-3-7-6(2)16-10-11(17-7)13(19)9-8(12(10)18)14-4-5-15-9/h4-5H,3H2,1-2H3. The van der Waals surface area contributed by atoms with Crippen molar-refractivity contribution in [1.82, 2.24) is 19.9 Å². The highest BCUT2D eigenvalue weighted by Gasteiger charge is 2.35. The van der Waals surface area contributed by atoms with Gasteiger partial charge in [-0.05, 0) is 13.3 Å². The van der Waals surface area contributed by atoms with Gasteiger partial charge in [0, 0.05) is 12.4 Å². The van der Waals surface area contributed by atoms with E-state index < -0.39 is 5.78 Å². The average Bonchev–Trinajstić information content (AvgIpc) is 2.44. The van der Waals surface area contributed by atoms with Crippen molar-refractivity contribution in [2.75, 3.05) is 0 Å². The molecule has 2 aromatic heterocycles. The number of rotatable bonds is 1. The number of aromatic nitrogens is 4. The number of carbonyl (C=O) groups excluding carboxylic acids is 2. The molecule has 1 aliphatic carbocycles. The first-order chi connectivity index (χ1) is 9.13. The molecule has 0 fully saturated rings. The Morgan fingerprint density at radius 1 is 0.895 bits per heavy atom. The van der Waals surface area contributed by atoms with Gasteiger partial charge >= 0.3 is 0 Å². The third kappa shape index (κ3) is 1.56. The van der Waals surface area contributed by atoms with Crippen molar-refractivity contribution in [3.63, 3.8) is 0 Å². The highest BCUT2D eigenvalue weighted by Crippen LogP contribution is 2.22. The Morgan fingerprint density at radius 2 is 1.42 bits per heavy atom. The van der Waals surface area contributed by atoms with Gasteiger partial charge in [0.15, 0.2) is 0 Å². The summed E-state index contributed by atoms with van der Waals surface area (Å²) in [7, 11) is 0. The van der Waals surface area contributed by atoms with Gasteiger partial charge in [0.1, 0.15) is 22.8 Å². The summed E-state index contributed by atoms with van der Waals surface area (Å²) in [4.78, 5) is 40.8. The molecule has 2 aromatic rings. The molecule has 3 rings (SSSR count). The van der Waals surface area contributed by atoms with Gasteiger partial charge in [-0.3, -0.25) is 9.59 Å². The largest absolute Gasteiger partial charge is 0.285 e. The van der Waals surface area contributed by atoms with Crippen molar-refractivity contribution in [2.24, 2.45) is 0 Å². The summed E-state index contributed by atoms with van der Waals surface area (Å²) >= 11 is 0. The van der Waals surface area contributed by atoms with Crippen LogP contribution in [-0.4, -0.2) is 31.5 Å². The Balaban J connectivity index is 2.30. The zero-order valence-electron chi connectivity index (χ0n) is 10.5. The lowest BCUT2D eigenvalue weighted by atomic mass is 9.97. The minimum atomic E-state index is -0.393. The Bertz CT molecular complexity index is 725. The summed E-state index contributed by atoms with van der Waals surface area (Å²) in [5.41, 5.74) is 1.65. The predicted octanol–water partition coefficient (Wildman–Crippen LogP) is 0.913. The number of nitrogens with zero attached hydrogens (tertiary/aromatic N) is 4. The summed E-state index contributed by atoms with van der Waals surface area (Å²) in [5, 5.41) is 0. The van der Waals surface area contributed by atoms with Crippen LogP contribution in [0, 0.1) is 6.92 Å². The Hall–Kier alpha value is -2.50. The first-order valence-electron chi connectivity index (χ1n) is 5.91. The third-order valence-corrected chi connectivity index (χ3v) is 3.06. The zero-order valence-corrected chi connectivity index (χ0v) is 10.5. The van der Waals surface area contributed by atoms with E-state index in [2.05, 4.69) is 19.9 Å². The average molecular weight is 254 g/mol. The van der Waals surface area contributed by atoms with Crippen LogP contribution in [0.1, 0.15) is 50.7 Å². The first-order valence-corrected chi connectivity index (χ1v) is 5.91. The van der Waals surface area contributed by atoms with Crippen LogP contribution in [0.5, 0.6) is 0 Å². The number of hydrogen-bond acceptors (Lipinski definition) is 6. The Labute approximate surface area is 109 Å². The fourth-order valence-corrected chi connectivity index (χ4v) is 2.10. The molecular weight excluding hydrogens is 244 g/mol. The van der Waals surface area contributed by atoms with Gasteiger partial charge in [-0.1, -0.05) is 6.92 Å². The van der Waals surface area contributed by atoms with E-state index in [0.717, 1.165) is 0 Å². The Kier molecular flexibility index (Phi) is 2.45. The van der Waals surface area contributed by atoms with E-state index in [1.54, 1.807) is 6.92 Å². The van der Waals surface area contributed by atoms with Gasteiger partial charge in [0.05, 0.1) is 11.4 Å². The molecule has 0 radical (unpaired) electrons. The minimum Gasteiger partial charge on any atom is -0.285 e. The molecule has 0 unspecified atom stereocenters. The lowest BCUT2D eigenvalue weighted by Gasteiger charge is -2.15. The van der Waals surface area contributed by atoms with Crippen LogP contribution in [0.2, 0.25) is 0 Å². The second-order valence-electron chi connectivity index (χ2n) is 4.22. The fourth-order valence-electron chi connectivity index (χ4n) is 2.10. The van der Waals surface area contributed by atoms with Crippen molar-refractivity contribution in [2.45, 2.75) is 20.3 Å². The van der Waals surface area contributed by atoms with E-state index >= 15 is 0 Å². The van der Waals surface area contributed by atoms with E-state index in [1.165, 1.54) is 12.4 Å². The minimum absolute atomic E-state index is 0.0537. The molecule has 0 amide bonds. The predicted molar refractivity (Wildman–Crippen MR) is 65.0 cm³/mol. The maximum Gasteiger partial charge on any atom is 0.234 e. The van der Waals surface area contributed by atoms with Crippen LogP contribution in [-0.2, 0) is 6.42 Å². The van der Waals surface area contributed by atoms with Gasteiger partial charge in [-0.2, -0.15) is 0 Å². The molecular formula is C13H10N4O2. The Morgan fingerprint density at radius 3 is 1.95 bits per heavy atom. The van der Waals surface area contributed by atoms with Crippen molar-refractivity contribution in [1.29, 1.82) is 0 Å². The van der Waals surface area contributed by atoms with Crippen molar-refractivity contribution < 1.29 is 9.59 Å². The molecule has 0 aliphatic heterocycles. The molecule has 0 N–H and O–H groups in total. The van der Waals surface area contributed by atoms with Gasteiger partial charge in [0.25, 0.3) is 0 Å². The third-order valence-electron chi connectivity index (χ3n) is 3.06. The summed E-state index contributed by atoms with van der Waals surface area (Å²) in [6.07, 6.45) is 3.42. The van der Waals surface area contributed by atoms with Crippen LogP contribution >= 0.6 is 0 Å². The molecule has 0 bridgehead atoms. The van der Waals surface area contributed by atoms with E-state index in [-0.39, 0.29) is 28.6 Å². The van der Waals surface area contributed by atoms with Crippen molar-refractivity contribution in [3.8, 4) is 0 Å². The molecule has 6 nitrogen and oxygen atoms in total. The molecule has 1 aliphatic rings. The van der Waals surface area contributed by atoms with E-state index in [1.807, 2.05) is 6.92 Å². The molecule has 0 spiro atoms. The van der Waals surface area contributed by atoms with Crippen molar-refractivity contribution in [3.05, 3.63) is 46.6 Å². The van der Waals surface area contributed by atoms with E-state index in [4.69, 9.17) is 0 Å². The molecule has 0 atom stereocenters. The monoisotopic (exact) mass is 254 g/mol. The molecule has 94 valence electrons. The lowest BCUT2D eigenvalue weighted by Crippen LogP contribution is -2.27. The highest BCUT2D eigenvalue weighted by atomic mass is 16.1. The van der Waals surface area contributed by atoms with Gasteiger partial charge < -0.3 is 0 Å². The summed E-state index contributed by atoms with van der Waals surface area (Å²) in [5.74, 6) is -0.782. The van der Waals surface area contributed by atoms with Crippen LogP contribution in [0.3, 0.4) is 0 Å². The normalized spacial score (nSPS) is 13.2. The summed E-state index contributed by atoms with van der Waals surface area (Å²) < 4.78 is 0. The molecule has 0 saturated heterocycles. The number of ketones is 2. The second kappa shape index (κ2) is 4.01. The molecule has 6 heteroatoms. The SMILES string of the molecule is CCc1nc2c(nc1C)C(=O)c1nccnc1C2=O. The quantitative estimate of drug-likeness (QED) is 0.641. The van der Waals surface area contributed by atoms with Gasteiger partial charge in [-0.25, -0.2) is 19.9 Å². The zero-order chi connectivity index (χ0) is 13.6. The number of aryl methyl sites for hydroxylation is 2. The van der Waals surface area contributed by atoms with Gasteiger partial charge in [0.2, 0.25) is 11.6 Å². The van der Waals surface area contributed by atoms with Crippen LogP contribution in [0.4, 0.5) is 0 Å². The van der Waals surface area contributed by atoms with Crippen molar-refractivity contribution >= 4 is 11.6 Å². The van der Waals surface area contributed by atoms with Crippen LogP contribution in [0.15, 0.2) is 12.4 Å². The fraction of sp³-hybridized carbons (Fsp3) is 0.231. The maximum atomic E-state index is 12.3. The number of hydrogen-bond donors (Lipinski definition) is 0. The topological polar surface area (TPSA) is 85.7 Å². The number of fused-ring (bicyclic) bond motifs is 2. The maximum absolute atomic E-state index is 12.3. The van der Waals surface area contributed by atoms with Gasteiger partial charge in [-0.15, -0.1) is 0 Å².